The van der Waals surface area contributed by atoms with E-state index in [4.69, 9.17) is 4.74 Å². The number of rotatable bonds is 3. The van der Waals surface area contributed by atoms with Crippen LogP contribution in [-0.4, -0.2) is 17.0 Å². The van der Waals surface area contributed by atoms with Gasteiger partial charge in [0.1, 0.15) is 5.75 Å². The Morgan fingerprint density at radius 3 is 2.55 bits per heavy atom. The van der Waals surface area contributed by atoms with E-state index in [1.165, 1.54) is 19.2 Å². The lowest BCUT2D eigenvalue weighted by Gasteiger charge is -2.13. The summed E-state index contributed by atoms with van der Waals surface area (Å²) in [4.78, 5) is 7.19. The van der Waals surface area contributed by atoms with Gasteiger partial charge in [0.25, 0.3) is 5.88 Å². The maximum absolute atomic E-state index is 13.5. The molecule has 20 heavy (non-hydrogen) atoms. The van der Waals surface area contributed by atoms with Gasteiger partial charge in [-0.2, -0.15) is 22.5 Å². The number of alkyl halides is 3. The van der Waals surface area contributed by atoms with Gasteiger partial charge >= 0.3 is 6.18 Å². The van der Waals surface area contributed by atoms with Gasteiger partial charge in [-0.3, -0.25) is 0 Å². The van der Waals surface area contributed by atoms with Gasteiger partial charge in [-0.25, -0.2) is 4.98 Å². The number of nitrogens with one attached hydrogen (secondary N) is 1. The Bertz CT molecular complexity index is 616. The first-order valence-electron chi connectivity index (χ1n) is 5.46. The number of hydrogen-bond acceptors (Lipinski definition) is 4. The van der Waals surface area contributed by atoms with Crippen molar-refractivity contribution >= 4 is 5.95 Å². The molecule has 0 aliphatic carbocycles. The van der Waals surface area contributed by atoms with E-state index in [2.05, 4.69) is 15.3 Å². The molecule has 0 spiro atoms. The van der Waals surface area contributed by atoms with Crippen molar-refractivity contribution in [3.63, 3.8) is 0 Å². The van der Waals surface area contributed by atoms with Crippen LogP contribution in [0.3, 0.4) is 0 Å². The van der Waals surface area contributed by atoms with E-state index in [1.807, 2.05) is 0 Å². The van der Waals surface area contributed by atoms with Gasteiger partial charge in [-0.1, -0.05) is 12.1 Å². The smallest absolute Gasteiger partial charge is 0.419 e. The van der Waals surface area contributed by atoms with E-state index in [0.29, 0.717) is 0 Å². The Morgan fingerprint density at radius 1 is 1.20 bits per heavy atom. The van der Waals surface area contributed by atoms with Crippen LogP contribution in [0.25, 0.3) is 0 Å². The standard InChI is InChI=1S/C12H9F4N3O/c1-17-11-18-6-8(13)10(19-11)20-9-5-3-2-4-7(9)12(14,15)16/h2-6H,1H3,(H,17,18,19). The predicted octanol–water partition coefficient (Wildman–Crippen LogP) is 3.47. The van der Waals surface area contributed by atoms with E-state index < -0.39 is 29.2 Å². The van der Waals surface area contributed by atoms with Crippen molar-refractivity contribution in [1.29, 1.82) is 0 Å². The summed E-state index contributed by atoms with van der Waals surface area (Å²) in [5, 5.41) is 2.53. The molecule has 0 radical (unpaired) electrons. The minimum atomic E-state index is -4.61. The second-order valence-corrected chi connectivity index (χ2v) is 3.69. The summed E-state index contributed by atoms with van der Waals surface area (Å²) < 4.78 is 56.7. The van der Waals surface area contributed by atoms with Crippen LogP contribution in [0.5, 0.6) is 11.6 Å². The lowest BCUT2D eigenvalue weighted by molar-refractivity contribution is -0.138. The maximum Gasteiger partial charge on any atom is 0.419 e. The van der Waals surface area contributed by atoms with Crippen LogP contribution in [-0.2, 0) is 6.18 Å². The van der Waals surface area contributed by atoms with Crippen molar-refractivity contribution in [2.24, 2.45) is 0 Å². The molecule has 4 nitrogen and oxygen atoms in total. The molecular weight excluding hydrogens is 278 g/mol. The lowest BCUT2D eigenvalue weighted by Crippen LogP contribution is -2.08. The van der Waals surface area contributed by atoms with E-state index >= 15 is 0 Å². The van der Waals surface area contributed by atoms with Gasteiger partial charge in [0, 0.05) is 7.05 Å². The molecule has 2 aromatic rings. The molecular formula is C12H9F4N3O. The third-order valence-electron chi connectivity index (χ3n) is 2.33. The number of para-hydroxylation sites is 1. The number of ether oxygens (including phenoxy) is 1. The molecule has 2 rings (SSSR count). The summed E-state index contributed by atoms with van der Waals surface area (Å²) in [6, 6.07) is 4.49. The molecule has 1 aromatic carbocycles. The molecule has 106 valence electrons. The summed E-state index contributed by atoms with van der Waals surface area (Å²) in [6.45, 7) is 0. The average Bonchev–Trinajstić information content (AvgIpc) is 2.41. The van der Waals surface area contributed by atoms with Crippen LogP contribution < -0.4 is 10.1 Å². The first-order valence-corrected chi connectivity index (χ1v) is 5.46. The molecule has 8 heteroatoms. The molecule has 0 atom stereocenters. The fraction of sp³-hybridized carbons (Fsp3) is 0.167. The van der Waals surface area contributed by atoms with Crippen molar-refractivity contribution < 1.29 is 22.3 Å². The van der Waals surface area contributed by atoms with E-state index in [-0.39, 0.29) is 5.95 Å². The quantitative estimate of drug-likeness (QED) is 0.878. The molecule has 0 fully saturated rings. The second-order valence-electron chi connectivity index (χ2n) is 3.69. The van der Waals surface area contributed by atoms with E-state index in [9.17, 15) is 17.6 Å². The summed E-state index contributed by atoms with van der Waals surface area (Å²) in [5.41, 5.74) is -1.01. The SMILES string of the molecule is CNc1ncc(F)c(Oc2ccccc2C(F)(F)F)n1. The topological polar surface area (TPSA) is 47.0 Å². The first kappa shape index (κ1) is 14.0. The fourth-order valence-corrected chi connectivity index (χ4v) is 1.44. The van der Waals surface area contributed by atoms with Crippen molar-refractivity contribution in [1.82, 2.24) is 9.97 Å². The number of halogens is 4. The van der Waals surface area contributed by atoms with Gasteiger partial charge in [0.15, 0.2) is 0 Å². The lowest BCUT2D eigenvalue weighted by atomic mass is 10.2. The highest BCUT2D eigenvalue weighted by atomic mass is 19.4. The molecule has 0 unspecified atom stereocenters. The predicted molar refractivity (Wildman–Crippen MR) is 63.1 cm³/mol. The second kappa shape index (κ2) is 5.32. The molecule has 0 aliphatic heterocycles. The third-order valence-corrected chi connectivity index (χ3v) is 2.33. The highest BCUT2D eigenvalue weighted by Gasteiger charge is 2.34. The zero-order valence-corrected chi connectivity index (χ0v) is 10.2. The Balaban J connectivity index is 2.40. The highest BCUT2D eigenvalue weighted by Crippen LogP contribution is 2.37. The Morgan fingerprint density at radius 2 is 1.90 bits per heavy atom. The van der Waals surface area contributed by atoms with Crippen molar-refractivity contribution in [2.75, 3.05) is 12.4 Å². The Labute approximate surface area is 111 Å². The zero-order valence-electron chi connectivity index (χ0n) is 10.2. The van der Waals surface area contributed by atoms with Gasteiger partial charge in [0.2, 0.25) is 11.8 Å². The van der Waals surface area contributed by atoms with Gasteiger partial charge in [-0.15, -0.1) is 0 Å². The molecule has 1 heterocycles. The van der Waals surface area contributed by atoms with Crippen LogP contribution in [0.1, 0.15) is 5.56 Å². The average molecular weight is 287 g/mol. The van der Waals surface area contributed by atoms with Crippen LogP contribution in [0.4, 0.5) is 23.5 Å². The summed E-state index contributed by atoms with van der Waals surface area (Å²) >= 11 is 0. The summed E-state index contributed by atoms with van der Waals surface area (Å²) in [5.74, 6) is -2.03. The minimum Gasteiger partial charge on any atom is -0.436 e. The molecule has 0 bridgehead atoms. The first-order chi connectivity index (χ1) is 9.41. The maximum atomic E-state index is 13.5. The number of anilines is 1. The monoisotopic (exact) mass is 287 g/mol. The molecule has 0 aliphatic rings. The van der Waals surface area contributed by atoms with E-state index in [0.717, 1.165) is 18.3 Å². The molecule has 0 amide bonds. The zero-order chi connectivity index (χ0) is 14.8. The van der Waals surface area contributed by atoms with Crippen LogP contribution in [0.2, 0.25) is 0 Å². The van der Waals surface area contributed by atoms with Gasteiger partial charge in [-0.05, 0) is 12.1 Å². The van der Waals surface area contributed by atoms with Crippen LogP contribution in [0.15, 0.2) is 30.5 Å². The summed E-state index contributed by atoms with van der Waals surface area (Å²) in [7, 11) is 1.49. The largest absolute Gasteiger partial charge is 0.436 e. The van der Waals surface area contributed by atoms with E-state index in [1.54, 1.807) is 0 Å². The molecule has 0 saturated carbocycles. The molecule has 1 N–H and O–H groups in total. The Hall–Kier alpha value is -2.38. The number of nitrogens with zero attached hydrogens (tertiary/aromatic N) is 2. The van der Waals surface area contributed by atoms with Gasteiger partial charge in [0.05, 0.1) is 11.8 Å². The highest BCUT2D eigenvalue weighted by molar-refractivity contribution is 5.39. The Kier molecular flexibility index (Phi) is 3.73. The minimum absolute atomic E-state index is 0.0332. The summed E-state index contributed by atoms with van der Waals surface area (Å²) in [6.07, 6.45) is -3.80. The van der Waals surface area contributed by atoms with Crippen LogP contribution in [0, 0.1) is 5.82 Å². The van der Waals surface area contributed by atoms with Crippen molar-refractivity contribution in [3.8, 4) is 11.6 Å². The van der Waals surface area contributed by atoms with Crippen molar-refractivity contribution in [3.05, 3.63) is 41.8 Å². The van der Waals surface area contributed by atoms with Crippen molar-refractivity contribution in [2.45, 2.75) is 6.18 Å². The third kappa shape index (κ3) is 2.95. The molecule has 1 aromatic heterocycles. The van der Waals surface area contributed by atoms with Crippen LogP contribution >= 0.6 is 0 Å². The van der Waals surface area contributed by atoms with Gasteiger partial charge < -0.3 is 10.1 Å². The molecule has 0 saturated heterocycles. The fourth-order valence-electron chi connectivity index (χ4n) is 1.44. The number of hydrogen-bond donors (Lipinski definition) is 1. The number of benzene rings is 1. The number of aromatic nitrogens is 2. The normalized spacial score (nSPS) is 11.2.